The number of nitrogens with zero attached hydrogens (tertiary/aromatic N) is 2. The third-order valence-corrected chi connectivity index (χ3v) is 4.69. The predicted octanol–water partition coefficient (Wildman–Crippen LogP) is -0.251. The van der Waals surface area contributed by atoms with E-state index in [2.05, 4.69) is 25.4 Å². The van der Waals surface area contributed by atoms with Gasteiger partial charge in [-0.05, 0) is 12.8 Å². The fraction of sp³-hybridized carbons (Fsp3) is 0.786. The lowest BCUT2D eigenvalue weighted by Gasteiger charge is -2.46. The van der Waals surface area contributed by atoms with E-state index < -0.39 is 5.54 Å². The lowest BCUT2D eigenvalue weighted by molar-refractivity contribution is -0.140. The molecule has 1 saturated carbocycles. The second-order valence-electron chi connectivity index (χ2n) is 6.00. The van der Waals surface area contributed by atoms with E-state index in [9.17, 15) is 9.59 Å². The summed E-state index contributed by atoms with van der Waals surface area (Å²) in [4.78, 5) is 28.7. The molecule has 8 heteroatoms. The average molecular weight is 309 g/mol. The molecular weight excluding hydrogens is 286 g/mol. The van der Waals surface area contributed by atoms with Crippen LogP contribution in [0.1, 0.15) is 37.9 Å². The van der Waals surface area contributed by atoms with Crippen molar-refractivity contribution < 1.29 is 9.53 Å². The average Bonchev–Trinajstić information content (AvgIpc) is 2.99. The topological polar surface area (TPSA) is 103 Å². The van der Waals surface area contributed by atoms with Crippen molar-refractivity contribution in [1.82, 2.24) is 25.4 Å². The summed E-state index contributed by atoms with van der Waals surface area (Å²) >= 11 is 0. The molecule has 0 spiro atoms. The van der Waals surface area contributed by atoms with Crippen molar-refractivity contribution in [1.29, 1.82) is 0 Å². The van der Waals surface area contributed by atoms with Crippen LogP contribution in [0.5, 0.6) is 0 Å². The molecule has 1 aliphatic heterocycles. The Morgan fingerprint density at radius 1 is 1.27 bits per heavy atom. The summed E-state index contributed by atoms with van der Waals surface area (Å²) in [5.41, 5.74) is -0.789. The summed E-state index contributed by atoms with van der Waals surface area (Å²) in [5.74, 6) is 0.490. The number of carbonyl (C=O) groups is 1. The second kappa shape index (κ2) is 6.62. The number of amides is 1. The van der Waals surface area contributed by atoms with Gasteiger partial charge in [0.15, 0.2) is 0 Å². The minimum absolute atomic E-state index is 0.0398. The van der Waals surface area contributed by atoms with Crippen molar-refractivity contribution in [2.45, 2.75) is 44.2 Å². The first kappa shape index (κ1) is 15.2. The van der Waals surface area contributed by atoms with Crippen molar-refractivity contribution in [3.8, 4) is 0 Å². The van der Waals surface area contributed by atoms with Gasteiger partial charge < -0.3 is 10.1 Å². The number of ether oxygens (including phenoxy) is 1. The Bertz CT molecular complexity index is 555. The third kappa shape index (κ3) is 3.07. The van der Waals surface area contributed by atoms with Gasteiger partial charge in [0.05, 0.1) is 19.8 Å². The molecule has 22 heavy (non-hydrogen) atoms. The van der Waals surface area contributed by atoms with Crippen LogP contribution in [-0.4, -0.2) is 57.8 Å². The molecule has 3 rings (SSSR count). The molecule has 3 N–H and O–H groups in total. The number of aromatic nitrogens is 3. The van der Waals surface area contributed by atoms with Gasteiger partial charge in [-0.3, -0.25) is 14.7 Å². The van der Waals surface area contributed by atoms with Gasteiger partial charge in [-0.1, -0.05) is 19.3 Å². The van der Waals surface area contributed by atoms with Gasteiger partial charge in [0.1, 0.15) is 11.4 Å². The lowest BCUT2D eigenvalue weighted by Crippen LogP contribution is -2.62. The molecule has 0 aromatic carbocycles. The Morgan fingerprint density at radius 2 is 2.00 bits per heavy atom. The van der Waals surface area contributed by atoms with Gasteiger partial charge in [0.25, 0.3) is 0 Å². The Labute approximate surface area is 128 Å². The molecule has 0 bridgehead atoms. The molecule has 2 heterocycles. The molecule has 1 aromatic heterocycles. The zero-order valence-corrected chi connectivity index (χ0v) is 12.7. The van der Waals surface area contributed by atoms with Gasteiger partial charge in [-0.15, -0.1) is 0 Å². The van der Waals surface area contributed by atoms with E-state index in [0.29, 0.717) is 19.0 Å². The number of rotatable bonds is 4. The number of nitrogens with one attached hydrogen (secondary N) is 3. The monoisotopic (exact) mass is 309 g/mol. The summed E-state index contributed by atoms with van der Waals surface area (Å²) in [6.07, 6.45) is 5.10. The van der Waals surface area contributed by atoms with Crippen LogP contribution in [0.3, 0.4) is 0 Å². The SMILES string of the molecule is O=C(NCc1n[nH]c(=O)[nH]1)C1(N2CCOCC2)CCCCC1. The zero-order chi connectivity index (χ0) is 15.4. The van der Waals surface area contributed by atoms with E-state index in [1.54, 1.807) is 0 Å². The highest BCUT2D eigenvalue weighted by molar-refractivity contribution is 5.86. The fourth-order valence-electron chi connectivity index (χ4n) is 3.53. The Hall–Kier alpha value is -1.67. The second-order valence-corrected chi connectivity index (χ2v) is 6.00. The number of aromatic amines is 2. The minimum Gasteiger partial charge on any atom is -0.379 e. The van der Waals surface area contributed by atoms with Crippen LogP contribution < -0.4 is 11.0 Å². The normalized spacial score (nSPS) is 22.4. The van der Waals surface area contributed by atoms with Crippen LogP contribution in [0.15, 0.2) is 4.79 Å². The smallest absolute Gasteiger partial charge is 0.340 e. The van der Waals surface area contributed by atoms with E-state index in [4.69, 9.17) is 4.74 Å². The maximum absolute atomic E-state index is 12.9. The van der Waals surface area contributed by atoms with Crippen molar-refractivity contribution in [3.05, 3.63) is 16.3 Å². The van der Waals surface area contributed by atoms with Crippen LogP contribution in [0.4, 0.5) is 0 Å². The first-order valence-corrected chi connectivity index (χ1v) is 7.95. The van der Waals surface area contributed by atoms with Crippen molar-refractivity contribution in [2.75, 3.05) is 26.3 Å². The quantitative estimate of drug-likeness (QED) is 0.711. The molecular formula is C14H23N5O3. The Balaban J connectivity index is 1.70. The van der Waals surface area contributed by atoms with Gasteiger partial charge >= 0.3 is 5.69 Å². The van der Waals surface area contributed by atoms with Crippen LogP contribution in [0.25, 0.3) is 0 Å². The molecule has 0 radical (unpaired) electrons. The number of carbonyl (C=O) groups excluding carboxylic acids is 1. The lowest BCUT2D eigenvalue weighted by atomic mass is 9.79. The first-order chi connectivity index (χ1) is 10.7. The van der Waals surface area contributed by atoms with Crippen molar-refractivity contribution in [2.24, 2.45) is 0 Å². The molecule has 1 aromatic rings. The van der Waals surface area contributed by atoms with Gasteiger partial charge in [-0.2, -0.15) is 5.10 Å². The van der Waals surface area contributed by atoms with E-state index in [1.807, 2.05) is 0 Å². The van der Waals surface area contributed by atoms with Gasteiger partial charge in [-0.25, -0.2) is 9.89 Å². The summed E-state index contributed by atoms with van der Waals surface area (Å²) in [6.45, 7) is 3.20. The summed E-state index contributed by atoms with van der Waals surface area (Å²) in [5, 5.41) is 9.08. The van der Waals surface area contributed by atoms with E-state index >= 15 is 0 Å². The summed E-state index contributed by atoms with van der Waals surface area (Å²) in [6, 6.07) is 0. The van der Waals surface area contributed by atoms with Crippen molar-refractivity contribution in [3.63, 3.8) is 0 Å². The van der Waals surface area contributed by atoms with Crippen LogP contribution in [-0.2, 0) is 16.1 Å². The Morgan fingerprint density at radius 3 is 2.64 bits per heavy atom. The number of morpholine rings is 1. The maximum Gasteiger partial charge on any atom is 0.340 e. The van der Waals surface area contributed by atoms with E-state index in [1.165, 1.54) is 6.42 Å². The van der Waals surface area contributed by atoms with Gasteiger partial charge in [0.2, 0.25) is 5.91 Å². The number of hydrogen-bond donors (Lipinski definition) is 3. The highest BCUT2D eigenvalue weighted by atomic mass is 16.5. The van der Waals surface area contributed by atoms with Gasteiger partial charge in [0, 0.05) is 13.1 Å². The molecule has 2 fully saturated rings. The zero-order valence-electron chi connectivity index (χ0n) is 12.7. The van der Waals surface area contributed by atoms with Crippen LogP contribution >= 0.6 is 0 Å². The fourth-order valence-corrected chi connectivity index (χ4v) is 3.53. The maximum atomic E-state index is 12.9. The van der Waals surface area contributed by atoms with Crippen LogP contribution in [0.2, 0.25) is 0 Å². The summed E-state index contributed by atoms with van der Waals surface area (Å²) < 4.78 is 5.42. The minimum atomic E-state index is -0.432. The summed E-state index contributed by atoms with van der Waals surface area (Å²) in [7, 11) is 0. The van der Waals surface area contributed by atoms with Crippen LogP contribution in [0, 0.1) is 0 Å². The standard InChI is InChI=1S/C14H23N5O3/c20-12(15-10-11-16-13(21)18-17-11)14(4-2-1-3-5-14)19-6-8-22-9-7-19/h1-10H2,(H,15,20)(H2,16,17,18,21). The Kier molecular flexibility index (Phi) is 4.58. The molecule has 122 valence electrons. The largest absolute Gasteiger partial charge is 0.379 e. The molecule has 8 nitrogen and oxygen atoms in total. The van der Waals surface area contributed by atoms with E-state index in [-0.39, 0.29) is 18.1 Å². The number of hydrogen-bond acceptors (Lipinski definition) is 5. The highest BCUT2D eigenvalue weighted by Gasteiger charge is 2.44. The van der Waals surface area contributed by atoms with Crippen molar-refractivity contribution >= 4 is 5.91 Å². The molecule has 0 atom stereocenters. The third-order valence-electron chi connectivity index (χ3n) is 4.69. The first-order valence-electron chi connectivity index (χ1n) is 7.95. The highest BCUT2D eigenvalue weighted by Crippen LogP contribution is 2.34. The number of H-pyrrole nitrogens is 2. The predicted molar refractivity (Wildman–Crippen MR) is 79.3 cm³/mol. The molecule has 0 unspecified atom stereocenters. The van der Waals surface area contributed by atoms with E-state index in [0.717, 1.165) is 38.8 Å². The molecule has 1 amide bonds. The molecule has 1 aliphatic carbocycles. The molecule has 1 saturated heterocycles. The molecule has 2 aliphatic rings.